The van der Waals surface area contributed by atoms with Crippen LogP contribution in [0.1, 0.15) is 29.4 Å². The van der Waals surface area contributed by atoms with E-state index in [0.717, 1.165) is 5.56 Å². The second kappa shape index (κ2) is 7.50. The number of carboxylic acids is 1. The molecular formula is C22H20F2N4O3. The minimum absolute atomic E-state index is 0.0882. The van der Waals surface area contributed by atoms with Crippen molar-refractivity contribution < 1.29 is 23.4 Å². The topological polar surface area (TPSA) is 88.2 Å². The molecule has 4 rings (SSSR count). The highest BCUT2D eigenvalue weighted by Crippen LogP contribution is 2.33. The molecule has 7 nitrogen and oxygen atoms in total. The van der Waals surface area contributed by atoms with E-state index >= 15 is 0 Å². The quantitative estimate of drug-likeness (QED) is 0.651. The summed E-state index contributed by atoms with van der Waals surface area (Å²) in [7, 11) is 0. The fourth-order valence-corrected chi connectivity index (χ4v) is 3.70. The molecule has 2 aromatic heterocycles. The Morgan fingerprint density at radius 1 is 1.29 bits per heavy atom. The van der Waals surface area contributed by atoms with Gasteiger partial charge in [-0.3, -0.25) is 4.40 Å². The molecule has 0 spiro atoms. The zero-order chi connectivity index (χ0) is 22.3. The van der Waals surface area contributed by atoms with Crippen LogP contribution in [0.2, 0.25) is 0 Å². The molecule has 1 atom stereocenters. The summed E-state index contributed by atoms with van der Waals surface area (Å²) in [6.45, 7) is 5.06. The minimum Gasteiger partial charge on any atom is -0.485 e. The van der Waals surface area contributed by atoms with Crippen molar-refractivity contribution in [2.75, 3.05) is 0 Å². The molecule has 1 aliphatic heterocycles. The smallest absolute Gasteiger partial charge is 0.354 e. The van der Waals surface area contributed by atoms with Crippen molar-refractivity contribution in [3.8, 4) is 5.75 Å². The third kappa shape index (κ3) is 3.63. The number of carbonyl (C=O) groups is 1. The van der Waals surface area contributed by atoms with Crippen LogP contribution in [-0.4, -0.2) is 26.2 Å². The maximum atomic E-state index is 14.0. The van der Waals surface area contributed by atoms with Crippen LogP contribution in [0.4, 0.5) is 8.78 Å². The molecule has 31 heavy (non-hydrogen) atoms. The van der Waals surface area contributed by atoms with Crippen molar-refractivity contribution >= 4 is 17.3 Å². The van der Waals surface area contributed by atoms with E-state index in [1.165, 1.54) is 30.5 Å². The second-order valence-corrected chi connectivity index (χ2v) is 7.46. The Balaban J connectivity index is 1.79. The molecular weight excluding hydrogens is 406 g/mol. The van der Waals surface area contributed by atoms with Crippen molar-refractivity contribution in [3.63, 3.8) is 0 Å². The molecule has 0 amide bonds. The standard InChI is InChI=1S/C22H20F2N4O3/c1-12-9-18(31-11-14-15(23)5-4-6-16(14)24)20-26-13(2)19(28(20)10-12)22(3)25-8-7-17(27-22)21(29)30/h4-10,25H,11H2,1-3H3,(H,29,30). The van der Waals surface area contributed by atoms with Gasteiger partial charge in [-0.25, -0.2) is 23.6 Å². The van der Waals surface area contributed by atoms with Crippen LogP contribution < -0.4 is 10.1 Å². The molecule has 3 aromatic rings. The van der Waals surface area contributed by atoms with Crippen LogP contribution in [0.5, 0.6) is 5.75 Å². The Kier molecular flexibility index (Phi) is 4.96. The van der Waals surface area contributed by atoms with Gasteiger partial charge in [0.1, 0.15) is 24.0 Å². The van der Waals surface area contributed by atoms with Crippen molar-refractivity contribution in [1.29, 1.82) is 0 Å². The Hall–Kier alpha value is -3.75. The van der Waals surface area contributed by atoms with Crippen LogP contribution >= 0.6 is 0 Å². The van der Waals surface area contributed by atoms with Crippen molar-refractivity contribution in [2.24, 2.45) is 4.99 Å². The van der Waals surface area contributed by atoms with Gasteiger partial charge in [-0.2, -0.15) is 0 Å². The fourth-order valence-electron chi connectivity index (χ4n) is 3.70. The number of hydrogen-bond acceptors (Lipinski definition) is 5. The van der Waals surface area contributed by atoms with Gasteiger partial charge in [-0.1, -0.05) is 6.07 Å². The summed E-state index contributed by atoms with van der Waals surface area (Å²) in [5.41, 5.74) is 1.12. The summed E-state index contributed by atoms with van der Waals surface area (Å²) >= 11 is 0. The van der Waals surface area contributed by atoms with Crippen LogP contribution in [0.25, 0.3) is 5.65 Å². The SMILES string of the molecule is Cc1cc(OCc2c(F)cccc2F)c2nc(C)c(C3(C)N=C(C(=O)O)C=CN3)n2c1. The first-order valence-corrected chi connectivity index (χ1v) is 9.52. The van der Waals surface area contributed by atoms with Crippen molar-refractivity contribution in [2.45, 2.75) is 33.0 Å². The lowest BCUT2D eigenvalue weighted by Gasteiger charge is -2.29. The van der Waals surface area contributed by atoms with Gasteiger partial charge in [0.25, 0.3) is 0 Å². The molecule has 9 heteroatoms. The third-order valence-corrected chi connectivity index (χ3v) is 5.06. The number of aryl methyl sites for hydroxylation is 2. The van der Waals surface area contributed by atoms with E-state index in [1.54, 1.807) is 24.3 Å². The molecule has 1 unspecified atom stereocenters. The van der Waals surface area contributed by atoms with Gasteiger partial charge in [-0.15, -0.1) is 0 Å². The zero-order valence-electron chi connectivity index (χ0n) is 17.1. The van der Waals surface area contributed by atoms with Gasteiger partial charge in [-0.05, 0) is 50.6 Å². The number of ether oxygens (including phenoxy) is 1. The van der Waals surface area contributed by atoms with E-state index < -0.39 is 23.3 Å². The first-order valence-electron chi connectivity index (χ1n) is 9.52. The Labute approximate surface area is 176 Å². The van der Waals surface area contributed by atoms with E-state index in [1.807, 2.05) is 13.1 Å². The van der Waals surface area contributed by atoms with Crippen LogP contribution in [0, 0.1) is 25.5 Å². The van der Waals surface area contributed by atoms with Crippen molar-refractivity contribution in [3.05, 3.63) is 76.9 Å². The number of imidazole rings is 1. The third-order valence-electron chi connectivity index (χ3n) is 5.06. The number of carboxylic acid groups (broad SMARTS) is 1. The summed E-state index contributed by atoms with van der Waals surface area (Å²) in [5.74, 6) is -2.17. The van der Waals surface area contributed by atoms with E-state index in [4.69, 9.17) is 4.74 Å². The molecule has 0 saturated carbocycles. The number of nitrogens with one attached hydrogen (secondary N) is 1. The lowest BCUT2D eigenvalue weighted by molar-refractivity contribution is -0.129. The molecule has 0 bridgehead atoms. The first kappa shape index (κ1) is 20.5. The largest absolute Gasteiger partial charge is 0.485 e. The Bertz CT molecular complexity index is 1250. The van der Waals surface area contributed by atoms with Crippen LogP contribution in [0.15, 0.2) is 47.7 Å². The lowest BCUT2D eigenvalue weighted by Crippen LogP contribution is -2.40. The maximum Gasteiger partial charge on any atom is 0.354 e. The number of halogens is 2. The fraction of sp³-hybridized carbons (Fsp3) is 0.227. The number of nitrogens with zero attached hydrogens (tertiary/aromatic N) is 3. The number of benzene rings is 1. The highest BCUT2D eigenvalue weighted by atomic mass is 19.1. The molecule has 3 heterocycles. The van der Waals surface area contributed by atoms with E-state index in [2.05, 4.69) is 15.3 Å². The molecule has 2 N–H and O–H groups in total. The molecule has 160 valence electrons. The van der Waals surface area contributed by atoms with Gasteiger partial charge in [0.15, 0.2) is 17.1 Å². The van der Waals surface area contributed by atoms with Crippen LogP contribution in [0.3, 0.4) is 0 Å². The van der Waals surface area contributed by atoms with Gasteiger partial charge in [0, 0.05) is 12.4 Å². The van der Waals surface area contributed by atoms with E-state index in [0.29, 0.717) is 22.8 Å². The minimum atomic E-state index is -1.14. The second-order valence-electron chi connectivity index (χ2n) is 7.46. The summed E-state index contributed by atoms with van der Waals surface area (Å²) < 4.78 is 35.5. The van der Waals surface area contributed by atoms with Gasteiger partial charge in [0.05, 0.1) is 17.0 Å². The van der Waals surface area contributed by atoms with Crippen LogP contribution in [-0.2, 0) is 17.1 Å². The van der Waals surface area contributed by atoms with Gasteiger partial charge in [0.2, 0.25) is 0 Å². The van der Waals surface area contributed by atoms with E-state index in [9.17, 15) is 18.7 Å². The number of aliphatic carboxylic acids is 1. The molecule has 0 saturated heterocycles. The number of aliphatic imine (C=N–C) groups is 1. The average Bonchev–Trinajstić information content (AvgIpc) is 3.04. The van der Waals surface area contributed by atoms with Crippen molar-refractivity contribution in [1.82, 2.24) is 14.7 Å². The monoisotopic (exact) mass is 426 g/mol. The number of pyridine rings is 1. The summed E-state index contributed by atoms with van der Waals surface area (Å²) in [5, 5.41) is 12.4. The normalized spacial score (nSPS) is 18.0. The Morgan fingerprint density at radius 3 is 2.68 bits per heavy atom. The average molecular weight is 426 g/mol. The predicted molar refractivity (Wildman–Crippen MR) is 110 cm³/mol. The molecule has 0 aliphatic carbocycles. The number of rotatable bonds is 5. The zero-order valence-corrected chi connectivity index (χ0v) is 17.1. The molecule has 0 radical (unpaired) electrons. The Morgan fingerprint density at radius 2 is 2.00 bits per heavy atom. The number of fused-ring (bicyclic) bond motifs is 1. The molecule has 1 aromatic carbocycles. The predicted octanol–water partition coefficient (Wildman–Crippen LogP) is 3.62. The summed E-state index contributed by atoms with van der Waals surface area (Å²) in [4.78, 5) is 20.4. The number of aromatic nitrogens is 2. The lowest BCUT2D eigenvalue weighted by atomic mass is 10.1. The molecule has 1 aliphatic rings. The molecule has 0 fully saturated rings. The van der Waals surface area contributed by atoms with Gasteiger partial charge < -0.3 is 15.2 Å². The summed E-state index contributed by atoms with van der Waals surface area (Å²) in [6, 6.07) is 5.37. The van der Waals surface area contributed by atoms with Gasteiger partial charge >= 0.3 is 5.97 Å². The highest BCUT2D eigenvalue weighted by Gasteiger charge is 2.34. The van der Waals surface area contributed by atoms with E-state index in [-0.39, 0.29) is 17.9 Å². The summed E-state index contributed by atoms with van der Waals surface area (Å²) in [6.07, 6.45) is 4.73. The maximum absolute atomic E-state index is 14.0. The highest BCUT2D eigenvalue weighted by molar-refractivity contribution is 6.40. The first-order chi connectivity index (χ1) is 14.7. The number of hydrogen-bond donors (Lipinski definition) is 2.